The summed E-state index contributed by atoms with van der Waals surface area (Å²) in [5.74, 6) is 1.61. The lowest BCUT2D eigenvalue weighted by molar-refractivity contribution is 0.411. The fourth-order valence-corrected chi connectivity index (χ4v) is 2.42. The van der Waals surface area contributed by atoms with Crippen LogP contribution in [0.25, 0.3) is 22.3 Å². The third-order valence-corrected chi connectivity index (χ3v) is 3.42. The van der Waals surface area contributed by atoms with Crippen molar-refractivity contribution in [1.82, 2.24) is 20.2 Å². The average Bonchev–Trinajstić information content (AvgIpc) is 3.00. The van der Waals surface area contributed by atoms with Gasteiger partial charge in [-0.3, -0.25) is 5.10 Å². The van der Waals surface area contributed by atoms with Crippen molar-refractivity contribution in [3.63, 3.8) is 0 Å². The normalized spacial score (nSPS) is 11.0. The molecule has 0 aliphatic carbocycles. The van der Waals surface area contributed by atoms with E-state index in [1.807, 2.05) is 12.1 Å². The number of hydrogen-bond acceptors (Lipinski definition) is 5. The maximum Gasteiger partial charge on any atom is 0.150 e. The van der Waals surface area contributed by atoms with Crippen molar-refractivity contribution < 1.29 is 4.74 Å². The minimum absolute atomic E-state index is 0.357. The third-order valence-electron chi connectivity index (χ3n) is 3.23. The van der Waals surface area contributed by atoms with E-state index in [1.54, 1.807) is 19.5 Å². The molecule has 0 spiro atoms. The van der Waals surface area contributed by atoms with Gasteiger partial charge in [0.2, 0.25) is 0 Å². The lowest BCUT2D eigenvalue weighted by Gasteiger charge is -2.10. The SMILES string of the molecule is COc1cc2nc(N)c(-c3cn[nH]c3)nc2cc1CCCl. The molecular formula is C14H14ClN5O. The number of benzene rings is 1. The Morgan fingerprint density at radius 3 is 2.76 bits per heavy atom. The molecule has 0 saturated heterocycles. The molecule has 21 heavy (non-hydrogen) atoms. The molecule has 1 aromatic carbocycles. The maximum atomic E-state index is 5.99. The molecule has 0 bridgehead atoms. The standard InChI is InChI=1S/C14H14ClN5O/c1-21-12-5-11-10(4-8(12)2-3-15)19-13(14(16)20-11)9-6-17-18-7-9/h4-7H,2-3H2,1H3,(H2,16,20)(H,17,18). The second kappa shape index (κ2) is 5.57. The van der Waals surface area contributed by atoms with Crippen LogP contribution in [0.5, 0.6) is 5.75 Å². The monoisotopic (exact) mass is 303 g/mol. The highest BCUT2D eigenvalue weighted by molar-refractivity contribution is 6.18. The van der Waals surface area contributed by atoms with Crippen LogP contribution in [0.15, 0.2) is 24.5 Å². The summed E-state index contributed by atoms with van der Waals surface area (Å²) in [5.41, 5.74) is 9.84. The van der Waals surface area contributed by atoms with Crippen molar-refractivity contribution in [3.05, 3.63) is 30.1 Å². The van der Waals surface area contributed by atoms with Crippen LogP contribution in [0.2, 0.25) is 0 Å². The Kier molecular flexibility index (Phi) is 3.62. The van der Waals surface area contributed by atoms with Gasteiger partial charge < -0.3 is 10.5 Å². The van der Waals surface area contributed by atoms with Crippen LogP contribution in [0.4, 0.5) is 5.82 Å². The van der Waals surface area contributed by atoms with Crippen LogP contribution in [-0.4, -0.2) is 33.2 Å². The molecule has 3 aromatic rings. The highest BCUT2D eigenvalue weighted by atomic mass is 35.5. The quantitative estimate of drug-likeness (QED) is 0.722. The number of nitrogens with zero attached hydrogens (tertiary/aromatic N) is 3. The fourth-order valence-electron chi connectivity index (χ4n) is 2.22. The van der Waals surface area contributed by atoms with E-state index >= 15 is 0 Å². The van der Waals surface area contributed by atoms with E-state index in [0.29, 0.717) is 29.3 Å². The molecule has 0 aliphatic heterocycles. The van der Waals surface area contributed by atoms with Gasteiger partial charge >= 0.3 is 0 Å². The fraction of sp³-hybridized carbons (Fsp3) is 0.214. The maximum absolute atomic E-state index is 5.99. The molecule has 7 heteroatoms. The van der Waals surface area contributed by atoms with Gasteiger partial charge in [-0.05, 0) is 18.1 Å². The molecule has 0 atom stereocenters. The molecule has 0 unspecified atom stereocenters. The first-order valence-electron chi connectivity index (χ1n) is 6.42. The molecule has 0 fully saturated rings. The minimum atomic E-state index is 0.357. The predicted octanol–water partition coefficient (Wildman–Crippen LogP) is 2.39. The Morgan fingerprint density at radius 1 is 1.29 bits per heavy atom. The van der Waals surface area contributed by atoms with Crippen LogP contribution >= 0.6 is 11.6 Å². The molecule has 6 nitrogen and oxygen atoms in total. The van der Waals surface area contributed by atoms with Gasteiger partial charge in [0, 0.05) is 23.7 Å². The number of rotatable bonds is 4. The van der Waals surface area contributed by atoms with E-state index in [9.17, 15) is 0 Å². The second-order valence-electron chi connectivity index (χ2n) is 4.54. The first kappa shape index (κ1) is 13.6. The summed E-state index contributed by atoms with van der Waals surface area (Å²) < 4.78 is 5.37. The van der Waals surface area contributed by atoms with Crippen LogP contribution in [0.1, 0.15) is 5.56 Å². The van der Waals surface area contributed by atoms with Crippen molar-refractivity contribution in [2.75, 3.05) is 18.7 Å². The van der Waals surface area contributed by atoms with Crippen LogP contribution < -0.4 is 10.5 Å². The summed E-state index contributed by atoms with van der Waals surface area (Å²) in [5, 5.41) is 6.65. The number of H-pyrrole nitrogens is 1. The Morgan fingerprint density at radius 2 is 2.10 bits per heavy atom. The first-order valence-corrected chi connectivity index (χ1v) is 6.95. The lowest BCUT2D eigenvalue weighted by atomic mass is 10.1. The summed E-state index contributed by atoms with van der Waals surface area (Å²) in [4.78, 5) is 8.99. The third kappa shape index (κ3) is 2.50. The number of nitrogens with two attached hydrogens (primary N) is 1. The van der Waals surface area contributed by atoms with Crippen LogP contribution in [0.3, 0.4) is 0 Å². The van der Waals surface area contributed by atoms with Crippen molar-refractivity contribution in [2.24, 2.45) is 0 Å². The van der Waals surface area contributed by atoms with Crippen molar-refractivity contribution >= 4 is 28.5 Å². The second-order valence-corrected chi connectivity index (χ2v) is 4.91. The van der Waals surface area contributed by atoms with Crippen molar-refractivity contribution in [2.45, 2.75) is 6.42 Å². The summed E-state index contributed by atoms with van der Waals surface area (Å²) in [6, 6.07) is 3.77. The number of halogens is 1. The zero-order valence-electron chi connectivity index (χ0n) is 11.4. The largest absolute Gasteiger partial charge is 0.496 e. The lowest BCUT2D eigenvalue weighted by Crippen LogP contribution is -2.00. The molecule has 2 aromatic heterocycles. The molecular weight excluding hydrogens is 290 g/mol. The zero-order chi connectivity index (χ0) is 14.8. The van der Waals surface area contributed by atoms with Crippen molar-refractivity contribution in [3.8, 4) is 17.0 Å². The molecule has 3 rings (SSSR count). The number of nitrogen functional groups attached to an aromatic ring is 1. The number of fused-ring (bicyclic) bond motifs is 1. The minimum Gasteiger partial charge on any atom is -0.496 e. The van der Waals surface area contributed by atoms with Crippen LogP contribution in [-0.2, 0) is 6.42 Å². The molecule has 0 aliphatic rings. The molecule has 0 radical (unpaired) electrons. The van der Waals surface area contributed by atoms with Gasteiger partial charge in [0.1, 0.15) is 11.4 Å². The highest BCUT2D eigenvalue weighted by Crippen LogP contribution is 2.29. The van der Waals surface area contributed by atoms with Gasteiger partial charge in [-0.15, -0.1) is 11.6 Å². The van der Waals surface area contributed by atoms with E-state index in [0.717, 1.165) is 22.4 Å². The predicted molar refractivity (Wildman–Crippen MR) is 82.5 cm³/mol. The number of aromatic nitrogens is 4. The highest BCUT2D eigenvalue weighted by Gasteiger charge is 2.12. The average molecular weight is 304 g/mol. The Balaban J connectivity index is 2.20. The van der Waals surface area contributed by atoms with Crippen molar-refractivity contribution in [1.29, 1.82) is 0 Å². The topological polar surface area (TPSA) is 89.7 Å². The first-order chi connectivity index (χ1) is 10.2. The van der Waals surface area contributed by atoms with E-state index in [1.165, 1.54) is 0 Å². The number of nitrogens with one attached hydrogen (secondary N) is 1. The van der Waals surface area contributed by atoms with Gasteiger partial charge in [0.05, 0.1) is 24.3 Å². The Labute approximate surface area is 126 Å². The number of hydrogen-bond donors (Lipinski definition) is 2. The molecule has 108 valence electrons. The van der Waals surface area contributed by atoms with E-state index < -0.39 is 0 Å². The van der Waals surface area contributed by atoms with Gasteiger partial charge in [0.25, 0.3) is 0 Å². The number of alkyl halides is 1. The smallest absolute Gasteiger partial charge is 0.150 e. The summed E-state index contributed by atoms with van der Waals surface area (Å²) in [6.07, 6.45) is 4.10. The molecule has 3 N–H and O–H groups in total. The number of anilines is 1. The van der Waals surface area contributed by atoms with Gasteiger partial charge in [-0.1, -0.05) is 0 Å². The zero-order valence-corrected chi connectivity index (χ0v) is 12.2. The van der Waals surface area contributed by atoms with E-state index in [-0.39, 0.29) is 0 Å². The molecule has 0 amide bonds. The van der Waals surface area contributed by atoms with Gasteiger partial charge in [0.15, 0.2) is 5.82 Å². The van der Waals surface area contributed by atoms with E-state index in [4.69, 9.17) is 22.1 Å². The number of methoxy groups -OCH3 is 1. The summed E-state index contributed by atoms with van der Waals surface area (Å²) in [6.45, 7) is 0. The molecule has 2 heterocycles. The number of ether oxygens (including phenoxy) is 1. The van der Waals surface area contributed by atoms with E-state index in [2.05, 4.69) is 20.2 Å². The summed E-state index contributed by atoms with van der Waals surface area (Å²) in [7, 11) is 1.62. The van der Waals surface area contributed by atoms with Crippen LogP contribution in [0, 0.1) is 0 Å². The number of aromatic amines is 1. The number of aryl methyl sites for hydroxylation is 1. The molecule has 0 saturated carbocycles. The Hall–Kier alpha value is -2.34. The Bertz CT molecular complexity index is 773. The van der Waals surface area contributed by atoms with Gasteiger partial charge in [-0.25, -0.2) is 9.97 Å². The van der Waals surface area contributed by atoms with Gasteiger partial charge in [-0.2, -0.15) is 5.10 Å². The summed E-state index contributed by atoms with van der Waals surface area (Å²) >= 11 is 5.83.